The topological polar surface area (TPSA) is 46.4 Å². The molecular formula is C13H16F2N2O2. The highest BCUT2D eigenvalue weighted by Gasteiger charge is 2.31. The van der Waals surface area contributed by atoms with E-state index in [1.807, 2.05) is 13.8 Å². The normalized spacial score (nSPS) is 23.5. The zero-order valence-electron chi connectivity index (χ0n) is 10.9. The van der Waals surface area contributed by atoms with Gasteiger partial charge in [-0.3, -0.25) is 10.1 Å². The van der Waals surface area contributed by atoms with Crippen molar-refractivity contribution in [1.82, 2.24) is 0 Å². The number of hydrogen-bond acceptors (Lipinski definition) is 3. The van der Waals surface area contributed by atoms with Crippen molar-refractivity contribution in [1.29, 1.82) is 0 Å². The first kappa shape index (κ1) is 13.7. The summed E-state index contributed by atoms with van der Waals surface area (Å²) in [7, 11) is 0. The Morgan fingerprint density at radius 1 is 1.26 bits per heavy atom. The molecule has 1 saturated heterocycles. The van der Waals surface area contributed by atoms with Crippen molar-refractivity contribution >= 4 is 11.4 Å². The molecular weight excluding hydrogens is 254 g/mol. The Balaban J connectivity index is 2.47. The Hall–Kier alpha value is -1.72. The van der Waals surface area contributed by atoms with Gasteiger partial charge in [0.25, 0.3) is 5.69 Å². The van der Waals surface area contributed by atoms with Crippen LogP contribution in [-0.4, -0.2) is 18.0 Å². The van der Waals surface area contributed by atoms with Gasteiger partial charge in [0.1, 0.15) is 0 Å². The molecule has 2 rings (SSSR count). The molecule has 0 bridgehead atoms. The van der Waals surface area contributed by atoms with E-state index in [1.165, 1.54) is 0 Å². The highest BCUT2D eigenvalue weighted by molar-refractivity contribution is 5.64. The minimum Gasteiger partial charge on any atom is -0.363 e. The van der Waals surface area contributed by atoms with Crippen LogP contribution < -0.4 is 4.90 Å². The van der Waals surface area contributed by atoms with Crippen molar-refractivity contribution in [3.8, 4) is 0 Å². The lowest BCUT2D eigenvalue weighted by atomic mass is 9.91. The minimum absolute atomic E-state index is 0.219. The number of nitro groups is 1. The molecule has 1 fully saturated rings. The first-order valence-electron chi connectivity index (χ1n) is 6.27. The van der Waals surface area contributed by atoms with Gasteiger partial charge in [-0.2, -0.15) is 0 Å². The van der Waals surface area contributed by atoms with Crippen molar-refractivity contribution in [3.05, 3.63) is 33.9 Å². The molecule has 1 aromatic rings. The van der Waals surface area contributed by atoms with Gasteiger partial charge in [-0.15, -0.1) is 0 Å². The summed E-state index contributed by atoms with van der Waals surface area (Å²) in [5.74, 6) is -1.58. The van der Waals surface area contributed by atoms with Crippen LogP contribution in [0.4, 0.5) is 20.2 Å². The predicted molar refractivity (Wildman–Crippen MR) is 68.2 cm³/mol. The third-order valence-corrected chi connectivity index (χ3v) is 3.43. The van der Waals surface area contributed by atoms with Crippen LogP contribution in [0.2, 0.25) is 0 Å². The van der Waals surface area contributed by atoms with Crippen LogP contribution >= 0.6 is 0 Å². The lowest BCUT2D eigenvalue weighted by Crippen LogP contribution is -2.39. The minimum atomic E-state index is -1.13. The number of benzene rings is 1. The number of halogens is 2. The first-order chi connectivity index (χ1) is 8.90. The van der Waals surface area contributed by atoms with Crippen LogP contribution in [0.5, 0.6) is 0 Å². The monoisotopic (exact) mass is 270 g/mol. The largest absolute Gasteiger partial charge is 0.363 e. The summed E-state index contributed by atoms with van der Waals surface area (Å²) in [6.45, 7) is 5.02. The molecule has 2 unspecified atom stereocenters. The fourth-order valence-electron chi connectivity index (χ4n) is 2.82. The molecule has 4 nitrogen and oxygen atoms in total. The molecule has 6 heteroatoms. The molecule has 0 spiro atoms. The first-order valence-corrected chi connectivity index (χ1v) is 6.27. The lowest BCUT2D eigenvalue weighted by Gasteiger charge is -2.36. The average Bonchev–Trinajstić information content (AvgIpc) is 2.30. The molecule has 0 N–H and O–H groups in total. The van der Waals surface area contributed by atoms with Gasteiger partial charge in [0.15, 0.2) is 17.3 Å². The third kappa shape index (κ3) is 2.67. The van der Waals surface area contributed by atoms with Crippen molar-refractivity contribution in [2.75, 3.05) is 18.0 Å². The van der Waals surface area contributed by atoms with E-state index in [-0.39, 0.29) is 11.4 Å². The summed E-state index contributed by atoms with van der Waals surface area (Å²) in [5, 5.41) is 11.0. The molecule has 0 aromatic heterocycles. The van der Waals surface area contributed by atoms with E-state index < -0.39 is 16.6 Å². The quantitative estimate of drug-likeness (QED) is 0.611. The fourth-order valence-corrected chi connectivity index (χ4v) is 2.82. The Morgan fingerprint density at radius 2 is 1.84 bits per heavy atom. The van der Waals surface area contributed by atoms with Crippen molar-refractivity contribution in [2.45, 2.75) is 20.3 Å². The van der Waals surface area contributed by atoms with Crippen LogP contribution in [0.3, 0.4) is 0 Å². The van der Waals surface area contributed by atoms with Crippen LogP contribution in [0.1, 0.15) is 20.3 Å². The molecule has 0 saturated carbocycles. The van der Waals surface area contributed by atoms with Crippen LogP contribution in [0.25, 0.3) is 0 Å². The molecule has 1 aliphatic heterocycles. The summed E-state index contributed by atoms with van der Waals surface area (Å²) >= 11 is 0. The lowest BCUT2D eigenvalue weighted by molar-refractivity contribution is -0.384. The molecule has 0 aliphatic carbocycles. The molecule has 1 heterocycles. The molecule has 0 amide bonds. The summed E-state index contributed by atoms with van der Waals surface area (Å²) in [4.78, 5) is 11.9. The van der Waals surface area contributed by atoms with E-state index in [1.54, 1.807) is 4.90 Å². The van der Waals surface area contributed by atoms with Gasteiger partial charge >= 0.3 is 0 Å². The molecule has 2 atom stereocenters. The number of rotatable bonds is 2. The zero-order valence-corrected chi connectivity index (χ0v) is 10.9. The predicted octanol–water partition coefficient (Wildman–Crippen LogP) is 3.36. The molecule has 0 radical (unpaired) electrons. The highest BCUT2D eigenvalue weighted by Crippen LogP contribution is 2.36. The summed E-state index contributed by atoms with van der Waals surface area (Å²) < 4.78 is 27.3. The average molecular weight is 270 g/mol. The van der Waals surface area contributed by atoms with Gasteiger partial charge in [0, 0.05) is 19.2 Å². The van der Waals surface area contributed by atoms with E-state index in [2.05, 4.69) is 0 Å². The summed E-state index contributed by atoms with van der Waals surface area (Å²) in [6.07, 6.45) is 0.987. The molecule has 104 valence electrons. The second kappa shape index (κ2) is 5.11. The Kier molecular flexibility index (Phi) is 3.68. The second-order valence-electron chi connectivity index (χ2n) is 5.34. The van der Waals surface area contributed by atoms with Gasteiger partial charge in [-0.1, -0.05) is 13.8 Å². The van der Waals surface area contributed by atoms with Crippen molar-refractivity contribution in [2.24, 2.45) is 11.8 Å². The SMILES string of the molecule is CC1CC(C)CN(c2c([N+](=O)[O-])ccc(F)c2F)C1. The van der Waals surface area contributed by atoms with Crippen LogP contribution in [-0.2, 0) is 0 Å². The third-order valence-electron chi connectivity index (χ3n) is 3.43. The maximum Gasteiger partial charge on any atom is 0.295 e. The van der Waals surface area contributed by atoms with Gasteiger partial charge in [-0.25, -0.2) is 8.78 Å². The van der Waals surface area contributed by atoms with Crippen LogP contribution in [0, 0.1) is 33.6 Å². The zero-order chi connectivity index (χ0) is 14.2. The number of piperidine rings is 1. The van der Waals surface area contributed by atoms with Crippen LogP contribution in [0.15, 0.2) is 12.1 Å². The second-order valence-corrected chi connectivity index (χ2v) is 5.34. The Bertz CT molecular complexity index is 498. The van der Waals surface area contributed by atoms with E-state index in [0.29, 0.717) is 24.9 Å². The van der Waals surface area contributed by atoms with Gasteiger partial charge in [0.2, 0.25) is 0 Å². The van der Waals surface area contributed by atoms with Gasteiger partial charge in [0.05, 0.1) is 4.92 Å². The standard InChI is InChI=1S/C13H16F2N2O2/c1-8-5-9(2)7-16(6-8)13-11(17(18)19)4-3-10(14)12(13)15/h3-4,8-9H,5-7H2,1-2H3. The summed E-state index contributed by atoms with van der Waals surface area (Å²) in [5.41, 5.74) is -0.594. The van der Waals surface area contributed by atoms with E-state index >= 15 is 0 Å². The molecule has 1 aromatic carbocycles. The number of nitro benzene ring substituents is 1. The Morgan fingerprint density at radius 3 is 2.37 bits per heavy atom. The van der Waals surface area contributed by atoms with Crippen molar-refractivity contribution in [3.63, 3.8) is 0 Å². The molecule has 19 heavy (non-hydrogen) atoms. The van der Waals surface area contributed by atoms with Crippen molar-refractivity contribution < 1.29 is 13.7 Å². The van der Waals surface area contributed by atoms with E-state index in [9.17, 15) is 18.9 Å². The van der Waals surface area contributed by atoms with E-state index in [4.69, 9.17) is 0 Å². The smallest absolute Gasteiger partial charge is 0.295 e. The molecule has 1 aliphatic rings. The van der Waals surface area contributed by atoms with Gasteiger partial charge < -0.3 is 4.90 Å². The number of hydrogen-bond donors (Lipinski definition) is 0. The fraction of sp³-hybridized carbons (Fsp3) is 0.538. The Labute approximate surface area is 110 Å². The summed E-state index contributed by atoms with van der Waals surface area (Å²) in [6, 6.07) is 1.82. The maximum absolute atomic E-state index is 13.9. The maximum atomic E-state index is 13.9. The highest BCUT2D eigenvalue weighted by atomic mass is 19.2. The number of anilines is 1. The van der Waals surface area contributed by atoms with E-state index in [0.717, 1.165) is 18.6 Å². The van der Waals surface area contributed by atoms with Gasteiger partial charge in [-0.05, 0) is 24.3 Å². The number of nitrogens with zero attached hydrogens (tertiary/aromatic N) is 2.